The van der Waals surface area contributed by atoms with Crippen molar-refractivity contribution in [2.45, 2.75) is 38.6 Å². The highest BCUT2D eigenvalue weighted by atomic mass is 15.2. The van der Waals surface area contributed by atoms with Gasteiger partial charge in [0.2, 0.25) is 0 Å². The second-order valence-corrected chi connectivity index (χ2v) is 6.01. The molecule has 1 heteroatoms. The highest BCUT2D eigenvalue weighted by molar-refractivity contribution is 5.25. The summed E-state index contributed by atoms with van der Waals surface area (Å²) < 4.78 is 0. The summed E-state index contributed by atoms with van der Waals surface area (Å²) in [5.41, 5.74) is 2.25. The Kier molecular flexibility index (Phi) is 2.32. The molecule has 1 saturated carbocycles. The van der Waals surface area contributed by atoms with Crippen LogP contribution in [-0.2, 0) is 0 Å². The maximum absolute atomic E-state index is 2.60. The minimum atomic E-state index is 0.699. The van der Waals surface area contributed by atoms with Crippen molar-refractivity contribution in [3.63, 3.8) is 0 Å². The molecule has 1 nitrogen and oxygen atoms in total. The lowest BCUT2D eigenvalue weighted by atomic mass is 9.56. The van der Waals surface area contributed by atoms with Gasteiger partial charge >= 0.3 is 0 Å². The van der Waals surface area contributed by atoms with E-state index in [0.717, 1.165) is 12.0 Å². The summed E-state index contributed by atoms with van der Waals surface area (Å²) in [6.45, 7) is 7.29. The van der Waals surface area contributed by atoms with Crippen LogP contribution >= 0.6 is 0 Å². The molecule has 0 unspecified atom stereocenters. The van der Waals surface area contributed by atoms with Crippen LogP contribution in [0, 0.1) is 5.41 Å². The van der Waals surface area contributed by atoms with E-state index in [1.807, 2.05) is 0 Å². The van der Waals surface area contributed by atoms with Gasteiger partial charge in [-0.05, 0) is 43.6 Å². The predicted octanol–water partition coefficient (Wildman–Crippen LogP) is 3.27. The summed E-state index contributed by atoms with van der Waals surface area (Å²) >= 11 is 0. The lowest BCUT2D eigenvalue weighted by Gasteiger charge is -2.60. The topological polar surface area (TPSA) is 3.24 Å². The maximum atomic E-state index is 2.60. The van der Waals surface area contributed by atoms with E-state index in [0.29, 0.717) is 5.41 Å². The lowest BCUT2D eigenvalue weighted by molar-refractivity contribution is -0.0879. The average Bonchev–Trinajstić information content (AvgIpc) is 2.14. The quantitative estimate of drug-likeness (QED) is 0.732. The summed E-state index contributed by atoms with van der Waals surface area (Å²) in [5, 5.41) is 0. The van der Waals surface area contributed by atoms with Crippen molar-refractivity contribution in [2.75, 3.05) is 13.1 Å². The van der Waals surface area contributed by atoms with Crippen LogP contribution in [0.1, 0.15) is 38.2 Å². The van der Waals surface area contributed by atoms with E-state index in [1.54, 1.807) is 5.56 Å². The first-order valence-corrected chi connectivity index (χ1v) is 6.48. The SMILES string of the molecule is CC(C)N1CC2(CC(c3ccccc3)C2)C1. The Morgan fingerprint density at radius 3 is 2.31 bits per heavy atom. The molecule has 2 aliphatic rings. The number of hydrogen-bond donors (Lipinski definition) is 0. The molecular formula is C15H21N. The number of benzene rings is 1. The molecule has 0 amide bonds. The molecule has 1 aromatic rings. The summed E-state index contributed by atoms with van der Waals surface area (Å²) in [7, 11) is 0. The first kappa shape index (κ1) is 10.3. The van der Waals surface area contributed by atoms with E-state index in [4.69, 9.17) is 0 Å². The van der Waals surface area contributed by atoms with Crippen LogP contribution in [0.2, 0.25) is 0 Å². The largest absolute Gasteiger partial charge is 0.300 e. The molecule has 16 heavy (non-hydrogen) atoms. The molecule has 0 radical (unpaired) electrons. The molecule has 3 rings (SSSR count). The highest BCUT2D eigenvalue weighted by Gasteiger charge is 2.52. The van der Waals surface area contributed by atoms with E-state index in [1.165, 1.54) is 25.9 Å². The molecule has 1 aliphatic heterocycles. The van der Waals surface area contributed by atoms with Gasteiger partial charge in [0.05, 0.1) is 0 Å². The van der Waals surface area contributed by atoms with Gasteiger partial charge in [-0.1, -0.05) is 30.3 Å². The fourth-order valence-corrected chi connectivity index (χ4v) is 3.39. The van der Waals surface area contributed by atoms with Crippen LogP contribution < -0.4 is 0 Å². The molecule has 1 aliphatic carbocycles. The maximum Gasteiger partial charge on any atom is 0.00536 e. The number of nitrogens with zero attached hydrogens (tertiary/aromatic N) is 1. The van der Waals surface area contributed by atoms with E-state index in [2.05, 4.69) is 49.1 Å². The molecule has 0 bridgehead atoms. The molecule has 0 atom stereocenters. The van der Waals surface area contributed by atoms with Gasteiger partial charge in [-0.3, -0.25) is 4.90 Å². The van der Waals surface area contributed by atoms with E-state index >= 15 is 0 Å². The van der Waals surface area contributed by atoms with Crippen LogP contribution in [0.5, 0.6) is 0 Å². The lowest BCUT2D eigenvalue weighted by Crippen LogP contribution is -2.63. The Labute approximate surface area is 98.5 Å². The second-order valence-electron chi connectivity index (χ2n) is 6.01. The third-order valence-corrected chi connectivity index (χ3v) is 4.44. The number of likely N-dealkylation sites (tertiary alicyclic amines) is 1. The van der Waals surface area contributed by atoms with Gasteiger partial charge in [0, 0.05) is 19.1 Å². The zero-order valence-corrected chi connectivity index (χ0v) is 10.3. The first-order chi connectivity index (χ1) is 7.69. The van der Waals surface area contributed by atoms with Crippen LogP contribution in [0.4, 0.5) is 0 Å². The summed E-state index contributed by atoms with van der Waals surface area (Å²) in [6.07, 6.45) is 2.83. The summed E-state index contributed by atoms with van der Waals surface area (Å²) in [6, 6.07) is 11.8. The minimum Gasteiger partial charge on any atom is -0.300 e. The van der Waals surface area contributed by atoms with Crippen molar-refractivity contribution >= 4 is 0 Å². The van der Waals surface area contributed by atoms with Crippen molar-refractivity contribution in [1.29, 1.82) is 0 Å². The van der Waals surface area contributed by atoms with Crippen molar-refractivity contribution in [2.24, 2.45) is 5.41 Å². The summed E-state index contributed by atoms with van der Waals surface area (Å²) in [5.74, 6) is 0.843. The predicted molar refractivity (Wildman–Crippen MR) is 67.6 cm³/mol. The fourth-order valence-electron chi connectivity index (χ4n) is 3.39. The normalized spacial score (nSPS) is 24.4. The van der Waals surface area contributed by atoms with Gasteiger partial charge in [-0.25, -0.2) is 0 Å². The third-order valence-electron chi connectivity index (χ3n) is 4.44. The zero-order valence-electron chi connectivity index (χ0n) is 10.3. The number of rotatable bonds is 2. The Balaban J connectivity index is 1.57. The van der Waals surface area contributed by atoms with E-state index in [-0.39, 0.29) is 0 Å². The molecule has 2 fully saturated rings. The Morgan fingerprint density at radius 2 is 1.75 bits per heavy atom. The van der Waals surface area contributed by atoms with Gasteiger partial charge in [0.1, 0.15) is 0 Å². The Bertz CT molecular complexity index is 354. The van der Waals surface area contributed by atoms with Crippen molar-refractivity contribution in [1.82, 2.24) is 4.90 Å². The van der Waals surface area contributed by atoms with Crippen LogP contribution in [0.3, 0.4) is 0 Å². The fraction of sp³-hybridized carbons (Fsp3) is 0.600. The molecule has 86 valence electrons. The highest BCUT2D eigenvalue weighted by Crippen LogP contribution is 2.56. The molecule has 1 heterocycles. The summed E-state index contributed by atoms with van der Waals surface area (Å²) in [4.78, 5) is 2.60. The van der Waals surface area contributed by atoms with Gasteiger partial charge in [-0.2, -0.15) is 0 Å². The zero-order chi connectivity index (χ0) is 11.2. The first-order valence-electron chi connectivity index (χ1n) is 6.48. The van der Waals surface area contributed by atoms with Crippen LogP contribution in [-0.4, -0.2) is 24.0 Å². The van der Waals surface area contributed by atoms with E-state index < -0.39 is 0 Å². The van der Waals surface area contributed by atoms with Gasteiger partial charge in [0.25, 0.3) is 0 Å². The number of hydrogen-bond acceptors (Lipinski definition) is 1. The molecule has 1 spiro atoms. The van der Waals surface area contributed by atoms with Crippen molar-refractivity contribution in [3.05, 3.63) is 35.9 Å². The smallest absolute Gasteiger partial charge is 0.00536 e. The van der Waals surface area contributed by atoms with Crippen molar-refractivity contribution < 1.29 is 0 Å². The van der Waals surface area contributed by atoms with Crippen molar-refractivity contribution in [3.8, 4) is 0 Å². The molecule has 1 aromatic carbocycles. The average molecular weight is 215 g/mol. The molecule has 1 saturated heterocycles. The molecule has 0 aromatic heterocycles. The van der Waals surface area contributed by atoms with Gasteiger partial charge < -0.3 is 0 Å². The van der Waals surface area contributed by atoms with E-state index in [9.17, 15) is 0 Å². The Morgan fingerprint density at radius 1 is 1.12 bits per heavy atom. The van der Waals surface area contributed by atoms with Crippen LogP contribution in [0.15, 0.2) is 30.3 Å². The monoisotopic (exact) mass is 215 g/mol. The molecular weight excluding hydrogens is 194 g/mol. The molecule has 0 N–H and O–H groups in total. The third kappa shape index (κ3) is 1.58. The second kappa shape index (κ2) is 3.59. The standard InChI is InChI=1S/C15H21N/c1-12(2)16-10-15(11-16)8-14(9-15)13-6-4-3-5-7-13/h3-7,12,14H,8-11H2,1-2H3. The van der Waals surface area contributed by atoms with Gasteiger partial charge in [0.15, 0.2) is 0 Å². The van der Waals surface area contributed by atoms with Gasteiger partial charge in [-0.15, -0.1) is 0 Å². The Hall–Kier alpha value is -0.820. The minimum absolute atomic E-state index is 0.699. The van der Waals surface area contributed by atoms with Crippen LogP contribution in [0.25, 0.3) is 0 Å².